The highest BCUT2D eigenvalue weighted by atomic mass is 35.5. The van der Waals surface area contributed by atoms with Crippen molar-refractivity contribution in [3.8, 4) is 34.0 Å². The lowest BCUT2D eigenvalue weighted by molar-refractivity contribution is -0.119. The quantitative estimate of drug-likeness (QED) is 0.253. The van der Waals surface area contributed by atoms with Gasteiger partial charge in [-0.15, -0.1) is 5.10 Å². The van der Waals surface area contributed by atoms with E-state index < -0.39 is 6.04 Å². The number of hydrogen-bond acceptors (Lipinski definition) is 8. The number of nitrogens with one attached hydrogen (secondary N) is 1. The summed E-state index contributed by atoms with van der Waals surface area (Å²) >= 11 is 12.4. The molecule has 1 N–H and O–H groups in total. The number of amides is 1. The van der Waals surface area contributed by atoms with Crippen LogP contribution < -0.4 is 10.9 Å². The largest absolute Gasteiger partial charge is 0.323 e. The van der Waals surface area contributed by atoms with Gasteiger partial charge in [-0.25, -0.2) is 19.3 Å². The Morgan fingerprint density at radius 2 is 1.80 bits per heavy atom. The first-order chi connectivity index (χ1) is 22.3. The maximum atomic E-state index is 13.8. The second-order valence-electron chi connectivity index (χ2n) is 11.0. The Kier molecular flexibility index (Phi) is 7.89. The van der Waals surface area contributed by atoms with Gasteiger partial charge in [0.05, 0.1) is 47.5 Å². The fourth-order valence-corrected chi connectivity index (χ4v) is 5.86. The van der Waals surface area contributed by atoms with Gasteiger partial charge in [-0.3, -0.25) is 19.1 Å². The second kappa shape index (κ2) is 12.3. The average Bonchev–Trinajstić information content (AvgIpc) is 3.69. The number of nitrogens with zero attached hydrogens (tertiary/aromatic N) is 9. The van der Waals surface area contributed by atoms with Crippen LogP contribution in [0.3, 0.4) is 0 Å². The van der Waals surface area contributed by atoms with Gasteiger partial charge in [-0.05, 0) is 55.3 Å². The maximum absolute atomic E-state index is 13.8. The van der Waals surface area contributed by atoms with Crippen molar-refractivity contribution in [3.63, 3.8) is 0 Å². The van der Waals surface area contributed by atoms with E-state index in [-0.39, 0.29) is 22.5 Å². The molecular formula is C32H26Cl2N10O2. The third-order valence-electron chi connectivity index (χ3n) is 7.93. The van der Waals surface area contributed by atoms with E-state index >= 15 is 0 Å². The summed E-state index contributed by atoms with van der Waals surface area (Å²) in [7, 11) is 0. The molecule has 6 heterocycles. The van der Waals surface area contributed by atoms with E-state index in [1.807, 2.05) is 37.3 Å². The van der Waals surface area contributed by atoms with Crippen LogP contribution in [0.4, 0.5) is 5.69 Å². The van der Waals surface area contributed by atoms with Crippen molar-refractivity contribution in [1.82, 2.24) is 44.3 Å². The molecule has 7 rings (SSSR count). The highest BCUT2D eigenvalue weighted by Crippen LogP contribution is 2.33. The van der Waals surface area contributed by atoms with E-state index in [1.54, 1.807) is 52.2 Å². The van der Waals surface area contributed by atoms with Crippen LogP contribution >= 0.6 is 23.2 Å². The van der Waals surface area contributed by atoms with Gasteiger partial charge < -0.3 is 5.32 Å². The minimum absolute atomic E-state index is 0.109. The number of aromatic nitrogens is 9. The zero-order valence-corrected chi connectivity index (χ0v) is 26.0. The summed E-state index contributed by atoms with van der Waals surface area (Å²) < 4.78 is 4.72. The average molecular weight is 654 g/mol. The molecular weight excluding hydrogens is 627 g/mol. The van der Waals surface area contributed by atoms with Crippen LogP contribution in [0.2, 0.25) is 10.2 Å². The van der Waals surface area contributed by atoms with E-state index in [4.69, 9.17) is 28.3 Å². The Labute approximate surface area is 272 Å². The predicted molar refractivity (Wildman–Crippen MR) is 173 cm³/mol. The van der Waals surface area contributed by atoms with Crippen molar-refractivity contribution < 1.29 is 4.79 Å². The third kappa shape index (κ3) is 5.80. The van der Waals surface area contributed by atoms with Crippen LogP contribution in [0.25, 0.3) is 34.0 Å². The zero-order chi connectivity index (χ0) is 31.8. The maximum Gasteiger partial charge on any atom is 0.254 e. The van der Waals surface area contributed by atoms with Gasteiger partial charge in [0.25, 0.3) is 5.56 Å². The van der Waals surface area contributed by atoms with Crippen LogP contribution in [0.1, 0.15) is 37.9 Å². The molecule has 0 spiro atoms. The molecule has 0 radical (unpaired) electrons. The summed E-state index contributed by atoms with van der Waals surface area (Å²) in [6, 6.07) is 15.5. The number of pyridine rings is 2. The lowest BCUT2D eigenvalue weighted by Crippen LogP contribution is -2.27. The Morgan fingerprint density at radius 3 is 2.59 bits per heavy atom. The molecule has 1 aliphatic heterocycles. The summed E-state index contributed by atoms with van der Waals surface area (Å²) in [6.45, 7) is 1.89. The van der Waals surface area contributed by atoms with E-state index in [0.29, 0.717) is 64.1 Å². The zero-order valence-electron chi connectivity index (χ0n) is 24.5. The number of carbonyl (C=O) groups excluding carboxylic acids is 1. The third-order valence-corrected chi connectivity index (χ3v) is 8.34. The Bertz CT molecular complexity index is 2130. The number of halogens is 2. The van der Waals surface area contributed by atoms with Gasteiger partial charge >= 0.3 is 0 Å². The number of benzene rings is 1. The molecule has 46 heavy (non-hydrogen) atoms. The first-order valence-electron chi connectivity index (χ1n) is 14.6. The Hall–Kier alpha value is -5.20. The van der Waals surface area contributed by atoms with Gasteiger partial charge in [-0.2, -0.15) is 5.10 Å². The predicted octanol–water partition coefficient (Wildman–Crippen LogP) is 5.79. The monoisotopic (exact) mass is 652 g/mol. The summed E-state index contributed by atoms with van der Waals surface area (Å²) in [5.74, 6) is 0.227. The molecule has 0 saturated carbocycles. The SMILES string of the molecule is CC1CCCC(n2cnc(-c3cc(Cl)ccc3-n3cc(Cl)nn3)cc2=O)c2cc(ccn2)-c2nn(-c3ccccn3)cc2NC1=O. The first kappa shape index (κ1) is 29.5. The number of hydrogen-bond donors (Lipinski definition) is 1. The van der Waals surface area contributed by atoms with Crippen molar-refractivity contribution in [2.45, 2.75) is 32.2 Å². The Balaban J connectivity index is 1.31. The number of carbonyl (C=O) groups is 1. The normalized spacial score (nSPS) is 16.6. The minimum Gasteiger partial charge on any atom is -0.323 e. The topological polar surface area (TPSA) is 138 Å². The summed E-state index contributed by atoms with van der Waals surface area (Å²) in [5.41, 5.74) is 3.88. The van der Waals surface area contributed by atoms with Crippen molar-refractivity contribution >= 4 is 34.8 Å². The van der Waals surface area contributed by atoms with Crippen LogP contribution in [-0.2, 0) is 4.79 Å². The number of rotatable bonds is 4. The van der Waals surface area contributed by atoms with Crippen molar-refractivity contribution in [1.29, 1.82) is 0 Å². The number of fused-ring (bicyclic) bond motifs is 4. The van der Waals surface area contributed by atoms with Crippen LogP contribution in [0.5, 0.6) is 0 Å². The second-order valence-corrected chi connectivity index (χ2v) is 11.8. The fraction of sp³-hybridized carbons (Fsp3) is 0.188. The number of anilines is 1. The highest BCUT2D eigenvalue weighted by Gasteiger charge is 2.24. The van der Waals surface area contributed by atoms with Crippen LogP contribution in [0, 0.1) is 5.92 Å². The summed E-state index contributed by atoms with van der Waals surface area (Å²) in [6.07, 6.45) is 10.1. The summed E-state index contributed by atoms with van der Waals surface area (Å²) in [5, 5.41) is 16.5. The molecule has 2 bridgehead atoms. The van der Waals surface area contributed by atoms with Gasteiger partial charge in [0.1, 0.15) is 5.69 Å². The Morgan fingerprint density at radius 1 is 0.913 bits per heavy atom. The smallest absolute Gasteiger partial charge is 0.254 e. The first-order valence-corrected chi connectivity index (χ1v) is 15.3. The van der Waals surface area contributed by atoms with Crippen LogP contribution in [0.15, 0.2) is 90.5 Å². The summed E-state index contributed by atoms with van der Waals surface area (Å²) in [4.78, 5) is 40.8. The molecule has 1 amide bonds. The van der Waals surface area contributed by atoms with E-state index in [2.05, 4.69) is 30.6 Å². The van der Waals surface area contributed by atoms with Crippen LogP contribution in [-0.4, -0.2) is 50.2 Å². The molecule has 0 saturated heterocycles. The lowest BCUT2D eigenvalue weighted by Gasteiger charge is -2.22. The molecule has 14 heteroatoms. The molecule has 2 unspecified atom stereocenters. The molecule has 230 valence electrons. The fourth-order valence-electron chi connectivity index (χ4n) is 5.56. The van der Waals surface area contributed by atoms with E-state index in [9.17, 15) is 9.59 Å². The van der Waals surface area contributed by atoms with Gasteiger partial charge in [0.15, 0.2) is 11.0 Å². The van der Waals surface area contributed by atoms with Gasteiger partial charge in [0.2, 0.25) is 5.91 Å². The van der Waals surface area contributed by atoms with Crippen molar-refractivity contribution in [2.75, 3.05) is 5.32 Å². The molecule has 0 fully saturated rings. The minimum atomic E-state index is -0.446. The molecule has 12 nitrogen and oxygen atoms in total. The molecule has 0 aliphatic carbocycles. The van der Waals surface area contributed by atoms with Crippen molar-refractivity contribution in [2.24, 2.45) is 5.92 Å². The van der Waals surface area contributed by atoms with E-state index in [0.717, 1.165) is 5.56 Å². The standard InChI is InChI=1S/C32H26Cl2N10O2/c1-19-5-4-6-27(42-18-37-23(15-30(42)45)22-14-21(33)8-9-26(22)43-17-28(34)39-41-43)24-13-20(10-12-35-24)31-25(38-32(19)46)16-44(40-31)29-7-2-3-11-36-29/h2-3,7-19,27H,4-6H2,1H3,(H,38,46). The van der Waals surface area contributed by atoms with Crippen molar-refractivity contribution in [3.05, 3.63) is 112 Å². The van der Waals surface area contributed by atoms with Gasteiger partial charge in [-0.1, -0.05) is 47.8 Å². The van der Waals surface area contributed by atoms with Gasteiger partial charge in [0, 0.05) is 40.5 Å². The molecule has 2 atom stereocenters. The lowest BCUT2D eigenvalue weighted by atomic mass is 9.97. The molecule has 1 aliphatic rings. The molecule has 1 aromatic carbocycles. The molecule has 5 aromatic heterocycles. The highest BCUT2D eigenvalue weighted by molar-refractivity contribution is 6.31. The van der Waals surface area contributed by atoms with E-state index in [1.165, 1.54) is 17.1 Å². The molecule has 6 aromatic rings.